The highest BCUT2D eigenvalue weighted by atomic mass is 32.2. The lowest BCUT2D eigenvalue weighted by molar-refractivity contribution is -0.119. The van der Waals surface area contributed by atoms with Gasteiger partial charge in [-0.2, -0.15) is 0 Å². The SMILES string of the molecule is CC(NC(=O)CSc1nc2ccsc2c(=O)n1C)c1ccc2ccccc2c1. The first kappa shape index (κ1) is 18.7. The number of nitrogens with one attached hydrogen (secondary N) is 1. The molecule has 0 radical (unpaired) electrons. The van der Waals surface area contributed by atoms with Crippen LogP contribution in [0.1, 0.15) is 18.5 Å². The number of hydrogen-bond donors (Lipinski definition) is 1. The predicted octanol–water partition coefficient (Wildman–Crippen LogP) is 4.12. The van der Waals surface area contributed by atoms with Crippen LogP contribution in [0.15, 0.2) is 63.9 Å². The Hall–Kier alpha value is -2.64. The van der Waals surface area contributed by atoms with Crippen LogP contribution in [0.4, 0.5) is 0 Å². The van der Waals surface area contributed by atoms with Gasteiger partial charge in [0.15, 0.2) is 5.16 Å². The molecule has 0 spiro atoms. The van der Waals surface area contributed by atoms with E-state index >= 15 is 0 Å². The van der Waals surface area contributed by atoms with Gasteiger partial charge < -0.3 is 5.32 Å². The molecule has 0 aliphatic rings. The number of rotatable bonds is 5. The number of thiophene rings is 1. The average molecular weight is 410 g/mol. The zero-order chi connectivity index (χ0) is 19.7. The molecule has 1 unspecified atom stereocenters. The lowest BCUT2D eigenvalue weighted by Crippen LogP contribution is -2.28. The summed E-state index contributed by atoms with van der Waals surface area (Å²) >= 11 is 2.66. The fourth-order valence-corrected chi connectivity index (χ4v) is 4.66. The molecule has 2 aromatic carbocycles. The van der Waals surface area contributed by atoms with Crippen LogP contribution in [-0.4, -0.2) is 21.2 Å². The normalized spacial score (nSPS) is 12.4. The van der Waals surface area contributed by atoms with Gasteiger partial charge in [-0.1, -0.05) is 48.2 Å². The monoisotopic (exact) mass is 409 g/mol. The van der Waals surface area contributed by atoms with Crippen LogP contribution in [0, 0.1) is 0 Å². The van der Waals surface area contributed by atoms with Crippen molar-refractivity contribution in [1.82, 2.24) is 14.9 Å². The quantitative estimate of drug-likeness (QED) is 0.398. The molecule has 7 heteroatoms. The minimum atomic E-state index is -0.103. The van der Waals surface area contributed by atoms with Crippen molar-refractivity contribution in [2.24, 2.45) is 7.05 Å². The topological polar surface area (TPSA) is 64.0 Å². The van der Waals surface area contributed by atoms with Crippen molar-refractivity contribution < 1.29 is 4.79 Å². The van der Waals surface area contributed by atoms with E-state index in [-0.39, 0.29) is 23.3 Å². The fraction of sp³-hybridized carbons (Fsp3) is 0.190. The lowest BCUT2D eigenvalue weighted by Gasteiger charge is -2.15. The van der Waals surface area contributed by atoms with E-state index in [1.54, 1.807) is 7.05 Å². The van der Waals surface area contributed by atoms with Gasteiger partial charge in [0.05, 0.1) is 17.3 Å². The Morgan fingerprint density at radius 1 is 1.21 bits per heavy atom. The van der Waals surface area contributed by atoms with Crippen molar-refractivity contribution in [3.63, 3.8) is 0 Å². The van der Waals surface area contributed by atoms with E-state index in [2.05, 4.69) is 34.6 Å². The molecule has 2 aromatic heterocycles. The number of fused-ring (bicyclic) bond motifs is 2. The molecule has 142 valence electrons. The predicted molar refractivity (Wildman–Crippen MR) is 116 cm³/mol. The number of benzene rings is 2. The van der Waals surface area contributed by atoms with Crippen molar-refractivity contribution in [1.29, 1.82) is 0 Å². The third-order valence-corrected chi connectivity index (χ3v) is 6.55. The Balaban J connectivity index is 1.44. The minimum absolute atomic E-state index is 0.0764. The van der Waals surface area contributed by atoms with Crippen LogP contribution in [0.5, 0.6) is 0 Å². The van der Waals surface area contributed by atoms with Gasteiger partial charge in [0.25, 0.3) is 5.56 Å². The average Bonchev–Trinajstić information content (AvgIpc) is 3.18. The Kier molecular flexibility index (Phi) is 5.19. The Bertz CT molecular complexity index is 1230. The zero-order valence-corrected chi connectivity index (χ0v) is 17.1. The molecule has 5 nitrogen and oxygen atoms in total. The molecular formula is C21H19N3O2S2. The maximum absolute atomic E-state index is 12.4. The van der Waals surface area contributed by atoms with Crippen molar-refractivity contribution in [2.75, 3.05) is 5.75 Å². The first-order valence-corrected chi connectivity index (χ1v) is 10.7. The maximum atomic E-state index is 12.4. The standard InChI is InChI=1S/C21H19N3O2S2/c1-13(15-8-7-14-5-3-4-6-16(14)11-15)22-18(25)12-28-21-23-17-9-10-27-19(17)20(26)24(21)2/h3-11,13H,12H2,1-2H3,(H,22,25). The van der Waals surface area contributed by atoms with Gasteiger partial charge in [0, 0.05) is 7.05 Å². The third-order valence-electron chi connectivity index (χ3n) is 4.63. The van der Waals surface area contributed by atoms with E-state index in [4.69, 9.17) is 0 Å². The number of hydrogen-bond acceptors (Lipinski definition) is 5. The van der Waals surface area contributed by atoms with E-state index in [0.29, 0.717) is 15.4 Å². The van der Waals surface area contributed by atoms with Crippen LogP contribution in [0.2, 0.25) is 0 Å². The van der Waals surface area contributed by atoms with Crippen molar-refractivity contribution in [3.8, 4) is 0 Å². The number of thioether (sulfide) groups is 1. The molecule has 1 amide bonds. The molecule has 0 saturated carbocycles. The van der Waals surface area contributed by atoms with Crippen LogP contribution >= 0.6 is 23.1 Å². The molecule has 0 bridgehead atoms. The summed E-state index contributed by atoms with van der Waals surface area (Å²) in [5.41, 5.74) is 1.66. The molecule has 0 aliphatic carbocycles. The van der Waals surface area contributed by atoms with Gasteiger partial charge in [-0.25, -0.2) is 4.98 Å². The van der Waals surface area contributed by atoms with E-state index in [9.17, 15) is 9.59 Å². The second-order valence-corrected chi connectivity index (χ2v) is 8.44. The highest BCUT2D eigenvalue weighted by Crippen LogP contribution is 2.22. The fourth-order valence-electron chi connectivity index (χ4n) is 3.07. The van der Waals surface area contributed by atoms with Gasteiger partial charge in [-0.05, 0) is 40.8 Å². The number of carbonyl (C=O) groups is 1. The number of nitrogens with zero attached hydrogens (tertiary/aromatic N) is 2. The zero-order valence-electron chi connectivity index (χ0n) is 15.5. The Labute approximate surface area is 170 Å². The summed E-state index contributed by atoms with van der Waals surface area (Å²) in [4.78, 5) is 29.3. The molecule has 0 aliphatic heterocycles. The van der Waals surface area contributed by atoms with Crippen LogP contribution in [0.3, 0.4) is 0 Å². The molecule has 1 atom stereocenters. The summed E-state index contributed by atoms with van der Waals surface area (Å²) in [7, 11) is 1.69. The second kappa shape index (κ2) is 7.77. The summed E-state index contributed by atoms with van der Waals surface area (Å²) in [5.74, 6) is 0.110. The van der Waals surface area contributed by atoms with Crippen molar-refractivity contribution in [3.05, 3.63) is 69.8 Å². The Morgan fingerprint density at radius 3 is 2.82 bits per heavy atom. The molecule has 28 heavy (non-hydrogen) atoms. The van der Waals surface area contributed by atoms with Gasteiger partial charge in [0.2, 0.25) is 5.91 Å². The van der Waals surface area contributed by atoms with Gasteiger partial charge in [-0.3, -0.25) is 14.2 Å². The number of aromatic nitrogens is 2. The van der Waals surface area contributed by atoms with E-state index in [0.717, 1.165) is 10.9 Å². The van der Waals surface area contributed by atoms with Gasteiger partial charge >= 0.3 is 0 Å². The molecule has 1 N–H and O–H groups in total. The summed E-state index contributed by atoms with van der Waals surface area (Å²) in [5, 5.41) is 7.75. The number of amides is 1. The van der Waals surface area contributed by atoms with Crippen LogP contribution < -0.4 is 10.9 Å². The molecule has 4 rings (SSSR count). The van der Waals surface area contributed by atoms with E-state index < -0.39 is 0 Å². The van der Waals surface area contributed by atoms with Crippen LogP contribution in [0.25, 0.3) is 21.0 Å². The highest BCUT2D eigenvalue weighted by molar-refractivity contribution is 7.99. The van der Waals surface area contributed by atoms with Gasteiger partial charge in [-0.15, -0.1) is 11.3 Å². The largest absolute Gasteiger partial charge is 0.349 e. The minimum Gasteiger partial charge on any atom is -0.349 e. The van der Waals surface area contributed by atoms with Gasteiger partial charge in [0.1, 0.15) is 4.70 Å². The maximum Gasteiger partial charge on any atom is 0.271 e. The summed E-state index contributed by atoms with van der Waals surface area (Å²) in [6.07, 6.45) is 0. The number of carbonyl (C=O) groups excluding carboxylic acids is 1. The molecular weight excluding hydrogens is 390 g/mol. The smallest absolute Gasteiger partial charge is 0.271 e. The van der Waals surface area contributed by atoms with Crippen molar-refractivity contribution >= 4 is 50.0 Å². The highest BCUT2D eigenvalue weighted by Gasteiger charge is 2.14. The first-order valence-electron chi connectivity index (χ1n) is 8.88. The third kappa shape index (κ3) is 3.68. The molecule has 0 saturated heterocycles. The first-order chi connectivity index (χ1) is 13.5. The summed E-state index contributed by atoms with van der Waals surface area (Å²) in [6, 6.07) is 16.1. The lowest BCUT2D eigenvalue weighted by atomic mass is 10.0. The molecule has 2 heterocycles. The second-order valence-electron chi connectivity index (χ2n) is 6.58. The molecule has 4 aromatic rings. The molecule has 0 fully saturated rings. The Morgan fingerprint density at radius 2 is 2.00 bits per heavy atom. The van der Waals surface area contributed by atoms with Crippen LogP contribution in [-0.2, 0) is 11.8 Å². The summed E-state index contributed by atoms with van der Waals surface area (Å²) < 4.78 is 2.14. The summed E-state index contributed by atoms with van der Waals surface area (Å²) in [6.45, 7) is 1.97. The van der Waals surface area contributed by atoms with E-state index in [1.807, 2.05) is 36.6 Å². The van der Waals surface area contributed by atoms with Crippen molar-refractivity contribution in [2.45, 2.75) is 18.1 Å². The van der Waals surface area contributed by atoms with E-state index in [1.165, 1.54) is 33.1 Å².